The van der Waals surface area contributed by atoms with Gasteiger partial charge in [0.15, 0.2) is 0 Å². The minimum Gasteiger partial charge on any atom is -0.508 e. The van der Waals surface area contributed by atoms with E-state index in [-0.39, 0.29) is 5.41 Å². The van der Waals surface area contributed by atoms with Crippen LogP contribution in [0.25, 0.3) is 0 Å². The fourth-order valence-electron chi connectivity index (χ4n) is 4.49. The van der Waals surface area contributed by atoms with Crippen molar-refractivity contribution < 1.29 is 9.90 Å². The third-order valence-electron chi connectivity index (χ3n) is 5.80. The van der Waals surface area contributed by atoms with E-state index in [1.165, 1.54) is 30.5 Å². The summed E-state index contributed by atoms with van der Waals surface area (Å²) in [5.41, 5.74) is 2.54. The van der Waals surface area contributed by atoms with Crippen molar-refractivity contribution in [2.45, 2.75) is 50.0 Å². The molecule has 2 aliphatic carbocycles. The van der Waals surface area contributed by atoms with Gasteiger partial charge in [0.25, 0.3) is 0 Å². The molecule has 1 heterocycles. The summed E-state index contributed by atoms with van der Waals surface area (Å²) in [6.45, 7) is 2.35. The molecule has 0 unspecified atom stereocenters. The number of nitrogens with zero attached hydrogens (tertiary/aromatic N) is 1. The first-order valence-electron chi connectivity index (χ1n) is 8.20. The fourth-order valence-corrected chi connectivity index (χ4v) is 4.49. The van der Waals surface area contributed by atoms with Gasteiger partial charge in [-0.15, -0.1) is 0 Å². The monoisotopic (exact) mass is 285 g/mol. The van der Waals surface area contributed by atoms with Gasteiger partial charge in [0, 0.05) is 24.4 Å². The number of phenolic OH excluding ortho intramolecular Hbond substituents is 1. The Balaban J connectivity index is 1.69. The van der Waals surface area contributed by atoms with E-state index in [4.69, 9.17) is 0 Å². The number of hydrogen-bond donors (Lipinski definition) is 1. The highest BCUT2D eigenvalue weighted by molar-refractivity contribution is 5.56. The van der Waals surface area contributed by atoms with Crippen LogP contribution in [0.5, 0.6) is 5.75 Å². The maximum Gasteiger partial charge on any atom is 0.120 e. The van der Waals surface area contributed by atoms with E-state index in [0.29, 0.717) is 18.2 Å². The first-order valence-corrected chi connectivity index (χ1v) is 8.20. The molecule has 1 aromatic rings. The SMILES string of the molecule is O=CC[C@]12CCN(CC3CC3)[C@H](Cc3ccc(O)cc31)C2. The number of aldehydes is 1. The smallest absolute Gasteiger partial charge is 0.120 e. The van der Waals surface area contributed by atoms with Crippen LogP contribution >= 0.6 is 0 Å². The van der Waals surface area contributed by atoms with Crippen LogP contribution in [0.1, 0.15) is 43.2 Å². The summed E-state index contributed by atoms with van der Waals surface area (Å²) >= 11 is 0. The molecule has 2 atom stereocenters. The van der Waals surface area contributed by atoms with E-state index in [2.05, 4.69) is 11.0 Å². The zero-order valence-electron chi connectivity index (χ0n) is 12.4. The van der Waals surface area contributed by atoms with E-state index >= 15 is 0 Å². The quantitative estimate of drug-likeness (QED) is 0.865. The summed E-state index contributed by atoms with van der Waals surface area (Å²) in [6.07, 6.45) is 7.66. The Bertz CT molecular complexity index is 566. The van der Waals surface area contributed by atoms with Gasteiger partial charge in [0.05, 0.1) is 0 Å². The molecule has 0 aromatic heterocycles. The van der Waals surface area contributed by atoms with Crippen LogP contribution in [0.4, 0.5) is 0 Å². The fraction of sp³-hybridized carbons (Fsp3) is 0.611. The van der Waals surface area contributed by atoms with Gasteiger partial charge in [-0.2, -0.15) is 0 Å². The molecule has 2 bridgehead atoms. The second kappa shape index (κ2) is 4.84. The Morgan fingerprint density at radius 2 is 2.24 bits per heavy atom. The second-order valence-electron chi connectivity index (χ2n) is 7.24. The van der Waals surface area contributed by atoms with Crippen molar-refractivity contribution in [2.75, 3.05) is 13.1 Å². The van der Waals surface area contributed by atoms with Crippen molar-refractivity contribution >= 4 is 6.29 Å². The number of phenols is 1. The van der Waals surface area contributed by atoms with E-state index in [9.17, 15) is 9.90 Å². The predicted molar refractivity (Wildman–Crippen MR) is 81.5 cm³/mol. The largest absolute Gasteiger partial charge is 0.508 e. The molecule has 21 heavy (non-hydrogen) atoms. The van der Waals surface area contributed by atoms with E-state index < -0.39 is 0 Å². The Morgan fingerprint density at radius 3 is 3.00 bits per heavy atom. The van der Waals surface area contributed by atoms with Gasteiger partial charge in [-0.3, -0.25) is 4.90 Å². The van der Waals surface area contributed by atoms with Crippen LogP contribution in [-0.2, 0) is 16.6 Å². The van der Waals surface area contributed by atoms with Crippen LogP contribution in [0.2, 0.25) is 0 Å². The van der Waals surface area contributed by atoms with Crippen molar-refractivity contribution in [3.05, 3.63) is 29.3 Å². The maximum absolute atomic E-state index is 11.3. The molecule has 0 spiro atoms. The zero-order chi connectivity index (χ0) is 14.4. The average Bonchev–Trinajstić information content (AvgIpc) is 3.28. The van der Waals surface area contributed by atoms with Gasteiger partial charge in [0.2, 0.25) is 0 Å². The van der Waals surface area contributed by atoms with Crippen LogP contribution in [0, 0.1) is 5.92 Å². The van der Waals surface area contributed by atoms with Crippen LogP contribution in [-0.4, -0.2) is 35.4 Å². The highest BCUT2D eigenvalue weighted by atomic mass is 16.3. The number of aromatic hydroxyl groups is 1. The summed E-state index contributed by atoms with van der Waals surface area (Å²) in [6, 6.07) is 6.35. The highest BCUT2D eigenvalue weighted by Gasteiger charge is 2.46. The van der Waals surface area contributed by atoms with Crippen molar-refractivity contribution in [1.82, 2.24) is 4.90 Å². The van der Waals surface area contributed by atoms with E-state index in [1.54, 1.807) is 6.07 Å². The number of likely N-dealkylation sites (tertiary alicyclic amines) is 1. The number of rotatable bonds is 4. The third-order valence-corrected chi connectivity index (χ3v) is 5.80. The van der Waals surface area contributed by atoms with E-state index in [1.807, 2.05) is 6.07 Å². The predicted octanol–water partition coefficient (Wildman–Crippen LogP) is 2.65. The number of carbonyl (C=O) groups is 1. The Kier molecular flexibility index (Phi) is 3.07. The average molecular weight is 285 g/mol. The van der Waals surface area contributed by atoms with Crippen LogP contribution in [0.15, 0.2) is 18.2 Å². The number of hydrogen-bond acceptors (Lipinski definition) is 3. The minimum atomic E-state index is -0.0290. The number of piperidine rings is 1. The standard InChI is InChI=1S/C18H23NO2/c20-8-6-18-5-7-19(12-13-1-2-13)15(11-18)9-14-3-4-16(21)10-17(14)18/h3-4,8,10,13,15,21H,1-2,5-7,9,11-12H2/t15-,18+/m1/s1. The second-order valence-corrected chi connectivity index (χ2v) is 7.24. The first kappa shape index (κ1) is 13.3. The van der Waals surface area contributed by atoms with Gasteiger partial charge in [0.1, 0.15) is 12.0 Å². The highest BCUT2D eigenvalue weighted by Crippen LogP contribution is 2.48. The molecule has 1 saturated heterocycles. The lowest BCUT2D eigenvalue weighted by molar-refractivity contribution is -0.109. The molecule has 4 rings (SSSR count). The molecule has 1 aliphatic heterocycles. The molecule has 0 radical (unpaired) electrons. The topological polar surface area (TPSA) is 40.5 Å². The molecule has 1 saturated carbocycles. The van der Waals surface area contributed by atoms with Gasteiger partial charge in [-0.05, 0) is 67.8 Å². The number of fused-ring (bicyclic) bond motifs is 4. The molecule has 3 heteroatoms. The molecular formula is C18H23NO2. The number of carbonyl (C=O) groups excluding carboxylic acids is 1. The number of benzene rings is 1. The summed E-state index contributed by atoms with van der Waals surface area (Å²) in [5, 5.41) is 9.85. The summed E-state index contributed by atoms with van der Waals surface area (Å²) in [5.74, 6) is 1.25. The third kappa shape index (κ3) is 2.28. The summed E-state index contributed by atoms with van der Waals surface area (Å²) < 4.78 is 0. The maximum atomic E-state index is 11.3. The first-order chi connectivity index (χ1) is 10.2. The molecule has 0 amide bonds. The normalized spacial score (nSPS) is 31.7. The van der Waals surface area contributed by atoms with E-state index in [0.717, 1.165) is 38.0 Å². The lowest BCUT2D eigenvalue weighted by Gasteiger charge is -2.51. The Morgan fingerprint density at radius 1 is 1.38 bits per heavy atom. The Hall–Kier alpha value is -1.35. The summed E-state index contributed by atoms with van der Waals surface area (Å²) in [7, 11) is 0. The molecule has 1 N–H and O–H groups in total. The van der Waals surface area contributed by atoms with Crippen LogP contribution in [0.3, 0.4) is 0 Å². The van der Waals surface area contributed by atoms with Crippen molar-refractivity contribution in [1.29, 1.82) is 0 Å². The lowest BCUT2D eigenvalue weighted by atomic mass is 9.62. The zero-order valence-corrected chi connectivity index (χ0v) is 12.4. The van der Waals surface area contributed by atoms with Crippen molar-refractivity contribution in [2.24, 2.45) is 5.92 Å². The molecule has 112 valence electrons. The van der Waals surface area contributed by atoms with Gasteiger partial charge in [-0.1, -0.05) is 6.07 Å². The molecular weight excluding hydrogens is 262 g/mol. The van der Waals surface area contributed by atoms with Crippen molar-refractivity contribution in [3.8, 4) is 5.75 Å². The van der Waals surface area contributed by atoms with Gasteiger partial charge < -0.3 is 9.90 Å². The van der Waals surface area contributed by atoms with Gasteiger partial charge in [-0.25, -0.2) is 0 Å². The van der Waals surface area contributed by atoms with Crippen LogP contribution < -0.4 is 0 Å². The Labute approximate surface area is 126 Å². The summed E-state index contributed by atoms with van der Waals surface area (Å²) in [4.78, 5) is 13.9. The molecule has 1 aromatic carbocycles. The molecule has 3 aliphatic rings. The molecule has 2 fully saturated rings. The minimum absolute atomic E-state index is 0.0290. The lowest BCUT2D eigenvalue weighted by Crippen LogP contribution is -2.53. The van der Waals surface area contributed by atoms with Crippen molar-refractivity contribution in [3.63, 3.8) is 0 Å². The van der Waals surface area contributed by atoms with Gasteiger partial charge >= 0.3 is 0 Å². The molecule has 3 nitrogen and oxygen atoms in total.